The fraction of sp³-hybridized carbons (Fsp3) is 0.300. The Morgan fingerprint density at radius 2 is 2.20 bits per heavy atom. The zero-order valence-electron chi connectivity index (χ0n) is 8.03. The third-order valence-corrected chi connectivity index (χ3v) is 2.72. The first-order valence-corrected chi connectivity index (χ1v) is 5.27. The number of carboxylic acid groups (broad SMARTS) is 1. The lowest BCUT2D eigenvalue weighted by Gasteiger charge is -2.05. The van der Waals surface area contributed by atoms with Crippen molar-refractivity contribution in [1.29, 1.82) is 0 Å². The van der Waals surface area contributed by atoms with Gasteiger partial charge in [-0.05, 0) is 23.6 Å². The van der Waals surface area contributed by atoms with Crippen LogP contribution in [0.25, 0.3) is 0 Å². The van der Waals surface area contributed by atoms with Gasteiger partial charge in [0.25, 0.3) is 0 Å². The van der Waals surface area contributed by atoms with Crippen molar-refractivity contribution in [3.05, 3.63) is 33.8 Å². The lowest BCUT2D eigenvalue weighted by Crippen LogP contribution is -2.23. The molecular formula is C10H12BrNO3. The molecule has 0 saturated carbocycles. The summed E-state index contributed by atoms with van der Waals surface area (Å²) in [6.07, 6.45) is -0.377. The Kier molecular flexibility index (Phi) is 4.58. The molecule has 0 aliphatic rings. The maximum Gasteiger partial charge on any atom is 0.404 e. The third-order valence-electron chi connectivity index (χ3n) is 1.98. The van der Waals surface area contributed by atoms with Gasteiger partial charge in [0.15, 0.2) is 0 Å². The predicted molar refractivity (Wildman–Crippen MR) is 59.8 cm³/mol. The van der Waals surface area contributed by atoms with E-state index in [2.05, 4.69) is 21.2 Å². The smallest absolute Gasteiger partial charge is 0.404 e. The molecule has 1 aromatic carbocycles. The number of rotatable bonds is 4. The summed E-state index contributed by atoms with van der Waals surface area (Å²) < 4.78 is 0.845. The number of aliphatic hydroxyl groups is 1. The van der Waals surface area contributed by atoms with Crippen LogP contribution >= 0.6 is 15.9 Å². The van der Waals surface area contributed by atoms with Crippen molar-refractivity contribution in [1.82, 2.24) is 5.32 Å². The monoisotopic (exact) mass is 273 g/mol. The molecule has 0 spiro atoms. The van der Waals surface area contributed by atoms with Gasteiger partial charge in [-0.3, -0.25) is 0 Å². The summed E-state index contributed by atoms with van der Waals surface area (Å²) >= 11 is 3.33. The van der Waals surface area contributed by atoms with Gasteiger partial charge < -0.3 is 15.5 Å². The fourth-order valence-corrected chi connectivity index (χ4v) is 1.74. The summed E-state index contributed by atoms with van der Waals surface area (Å²) in [5.74, 6) is 0. The molecule has 0 unspecified atom stereocenters. The molecule has 0 aliphatic heterocycles. The SMILES string of the molecule is O=C(O)NCCc1ccc(CO)c(Br)c1. The number of hydrogen-bond acceptors (Lipinski definition) is 2. The number of aliphatic hydroxyl groups excluding tert-OH is 1. The molecule has 0 heterocycles. The van der Waals surface area contributed by atoms with Gasteiger partial charge >= 0.3 is 6.09 Å². The molecular weight excluding hydrogens is 262 g/mol. The van der Waals surface area contributed by atoms with E-state index < -0.39 is 6.09 Å². The van der Waals surface area contributed by atoms with Crippen molar-refractivity contribution in [2.75, 3.05) is 6.54 Å². The van der Waals surface area contributed by atoms with E-state index >= 15 is 0 Å². The van der Waals surface area contributed by atoms with Gasteiger partial charge in [0, 0.05) is 11.0 Å². The molecule has 0 aromatic heterocycles. The maximum atomic E-state index is 10.2. The molecule has 3 N–H and O–H groups in total. The van der Waals surface area contributed by atoms with E-state index in [4.69, 9.17) is 10.2 Å². The second-order valence-electron chi connectivity index (χ2n) is 3.07. The molecule has 0 bridgehead atoms. The highest BCUT2D eigenvalue weighted by molar-refractivity contribution is 9.10. The van der Waals surface area contributed by atoms with Gasteiger partial charge in [-0.1, -0.05) is 28.1 Å². The Balaban J connectivity index is 2.55. The van der Waals surface area contributed by atoms with Crippen LogP contribution in [0.5, 0.6) is 0 Å². The standard InChI is InChI=1S/C10H12BrNO3/c11-9-5-7(1-2-8(9)6-13)3-4-12-10(14)15/h1-2,5,12-13H,3-4,6H2,(H,14,15). The third kappa shape index (κ3) is 3.89. The van der Waals surface area contributed by atoms with Crippen molar-refractivity contribution < 1.29 is 15.0 Å². The van der Waals surface area contributed by atoms with Crippen LogP contribution in [-0.4, -0.2) is 22.9 Å². The number of amides is 1. The highest BCUT2D eigenvalue weighted by atomic mass is 79.9. The number of carbonyl (C=O) groups is 1. The van der Waals surface area contributed by atoms with Crippen LogP contribution < -0.4 is 5.32 Å². The largest absolute Gasteiger partial charge is 0.465 e. The highest BCUT2D eigenvalue weighted by Gasteiger charge is 2.01. The molecule has 5 heteroatoms. The first-order valence-electron chi connectivity index (χ1n) is 4.48. The second-order valence-corrected chi connectivity index (χ2v) is 3.92. The molecule has 0 aliphatic carbocycles. The Morgan fingerprint density at radius 1 is 1.47 bits per heavy atom. The average Bonchev–Trinajstić information content (AvgIpc) is 2.17. The molecule has 1 amide bonds. The quantitative estimate of drug-likeness (QED) is 0.783. The van der Waals surface area contributed by atoms with Crippen LogP contribution in [0.4, 0.5) is 4.79 Å². The molecule has 82 valence electrons. The van der Waals surface area contributed by atoms with E-state index in [1.165, 1.54) is 0 Å². The van der Waals surface area contributed by atoms with E-state index in [-0.39, 0.29) is 6.61 Å². The van der Waals surface area contributed by atoms with Crippen LogP contribution in [0.2, 0.25) is 0 Å². The van der Waals surface area contributed by atoms with Gasteiger partial charge in [-0.15, -0.1) is 0 Å². The van der Waals surface area contributed by atoms with Crippen LogP contribution in [-0.2, 0) is 13.0 Å². The number of nitrogens with one attached hydrogen (secondary N) is 1. The van der Waals surface area contributed by atoms with Crippen LogP contribution in [0, 0.1) is 0 Å². The lowest BCUT2D eigenvalue weighted by molar-refractivity contribution is 0.194. The Morgan fingerprint density at radius 3 is 2.73 bits per heavy atom. The minimum atomic E-state index is -1.01. The van der Waals surface area contributed by atoms with Gasteiger partial charge in [0.05, 0.1) is 6.61 Å². The molecule has 1 aromatic rings. The Bertz CT molecular complexity index is 355. The predicted octanol–water partition coefficient (Wildman–Crippen LogP) is 1.75. The summed E-state index contributed by atoms with van der Waals surface area (Å²) in [5, 5.41) is 19.6. The van der Waals surface area contributed by atoms with Gasteiger partial charge in [0.2, 0.25) is 0 Å². The molecule has 0 fully saturated rings. The van der Waals surface area contributed by atoms with Crippen molar-refractivity contribution in [2.45, 2.75) is 13.0 Å². The van der Waals surface area contributed by atoms with Gasteiger partial charge in [0.1, 0.15) is 0 Å². The first-order chi connectivity index (χ1) is 7.13. The van der Waals surface area contributed by atoms with Crippen molar-refractivity contribution in [2.24, 2.45) is 0 Å². The molecule has 0 atom stereocenters. The number of hydrogen-bond donors (Lipinski definition) is 3. The van der Waals surface area contributed by atoms with E-state index in [9.17, 15) is 4.79 Å². The van der Waals surface area contributed by atoms with Crippen LogP contribution in [0.3, 0.4) is 0 Å². The van der Waals surface area contributed by atoms with E-state index in [0.29, 0.717) is 13.0 Å². The molecule has 0 saturated heterocycles. The first kappa shape index (κ1) is 12.0. The second kappa shape index (κ2) is 5.72. The normalized spacial score (nSPS) is 10.0. The summed E-state index contributed by atoms with van der Waals surface area (Å²) in [4.78, 5) is 10.2. The summed E-state index contributed by atoms with van der Waals surface area (Å²) in [6.45, 7) is 0.383. The maximum absolute atomic E-state index is 10.2. The van der Waals surface area contributed by atoms with Crippen molar-refractivity contribution >= 4 is 22.0 Å². The lowest BCUT2D eigenvalue weighted by atomic mass is 10.1. The highest BCUT2D eigenvalue weighted by Crippen LogP contribution is 2.18. The Hall–Kier alpha value is -1.07. The molecule has 1 rings (SSSR count). The van der Waals surface area contributed by atoms with Crippen LogP contribution in [0.1, 0.15) is 11.1 Å². The zero-order valence-corrected chi connectivity index (χ0v) is 9.62. The summed E-state index contributed by atoms with van der Waals surface area (Å²) in [7, 11) is 0. The average molecular weight is 274 g/mol. The molecule has 4 nitrogen and oxygen atoms in total. The molecule has 15 heavy (non-hydrogen) atoms. The zero-order chi connectivity index (χ0) is 11.3. The topological polar surface area (TPSA) is 69.6 Å². The minimum Gasteiger partial charge on any atom is -0.465 e. The summed E-state index contributed by atoms with van der Waals surface area (Å²) in [5.41, 5.74) is 1.85. The van der Waals surface area contributed by atoms with Gasteiger partial charge in [-0.25, -0.2) is 4.79 Å². The van der Waals surface area contributed by atoms with E-state index in [0.717, 1.165) is 15.6 Å². The summed E-state index contributed by atoms with van der Waals surface area (Å²) in [6, 6.07) is 5.58. The number of benzene rings is 1. The van der Waals surface area contributed by atoms with Crippen LogP contribution in [0.15, 0.2) is 22.7 Å². The molecule has 0 radical (unpaired) electrons. The number of halogens is 1. The van der Waals surface area contributed by atoms with E-state index in [1.807, 2.05) is 18.2 Å². The van der Waals surface area contributed by atoms with Crippen molar-refractivity contribution in [3.63, 3.8) is 0 Å². The Labute approximate surface area is 96.1 Å². The fourth-order valence-electron chi connectivity index (χ4n) is 1.19. The minimum absolute atomic E-state index is 0.00572. The van der Waals surface area contributed by atoms with Crippen molar-refractivity contribution in [3.8, 4) is 0 Å². The van der Waals surface area contributed by atoms with E-state index in [1.54, 1.807) is 0 Å². The van der Waals surface area contributed by atoms with Gasteiger partial charge in [-0.2, -0.15) is 0 Å².